The third-order valence-electron chi connectivity index (χ3n) is 3.21. The molecule has 0 fully saturated rings. The van der Waals surface area contributed by atoms with Gasteiger partial charge in [-0.2, -0.15) is 0 Å². The van der Waals surface area contributed by atoms with Gasteiger partial charge in [-0.3, -0.25) is 4.79 Å². The first-order valence-electron chi connectivity index (χ1n) is 8.00. The molecule has 0 radical (unpaired) electrons. The minimum absolute atomic E-state index is 0.242. The van der Waals surface area contributed by atoms with Crippen LogP contribution in [0.5, 0.6) is 5.75 Å². The van der Waals surface area contributed by atoms with Crippen molar-refractivity contribution in [2.45, 2.75) is 13.8 Å². The van der Waals surface area contributed by atoms with Gasteiger partial charge in [-0.15, -0.1) is 0 Å². The molecular weight excluding hydrogens is 344 g/mol. The summed E-state index contributed by atoms with van der Waals surface area (Å²) >= 11 is 0. The molecule has 7 heteroatoms. The number of amides is 1. The summed E-state index contributed by atoms with van der Waals surface area (Å²) in [6.45, 7) is 3.97. The number of anilines is 1. The predicted octanol–water partition coefficient (Wildman–Crippen LogP) is 3.80. The number of rotatable bonds is 7. The minimum Gasteiger partial charge on any atom is -0.493 e. The van der Waals surface area contributed by atoms with E-state index in [2.05, 4.69) is 5.32 Å². The van der Waals surface area contributed by atoms with Crippen LogP contribution in [0.2, 0.25) is 0 Å². The number of carbonyl (C=O) groups excluding carboxylic acids is 2. The molecule has 0 saturated carbocycles. The fourth-order valence-corrected chi connectivity index (χ4v) is 1.94. The van der Waals surface area contributed by atoms with Crippen LogP contribution in [-0.4, -0.2) is 25.1 Å². The topological polar surface area (TPSA) is 64.6 Å². The van der Waals surface area contributed by atoms with Crippen LogP contribution in [0.1, 0.15) is 24.2 Å². The summed E-state index contributed by atoms with van der Waals surface area (Å²) < 4.78 is 36.9. The molecule has 138 valence electrons. The highest BCUT2D eigenvalue weighted by Crippen LogP contribution is 2.16. The highest BCUT2D eigenvalue weighted by Gasteiger charge is 2.12. The van der Waals surface area contributed by atoms with Gasteiger partial charge in [0.05, 0.1) is 17.9 Å². The molecule has 2 aromatic carbocycles. The number of benzene rings is 2. The third kappa shape index (κ3) is 5.84. The van der Waals surface area contributed by atoms with Gasteiger partial charge in [0.1, 0.15) is 17.4 Å². The molecule has 1 amide bonds. The van der Waals surface area contributed by atoms with E-state index in [1.807, 2.05) is 13.8 Å². The van der Waals surface area contributed by atoms with Crippen molar-refractivity contribution in [1.29, 1.82) is 0 Å². The second-order valence-electron chi connectivity index (χ2n) is 5.98. The molecule has 0 aliphatic carbocycles. The predicted molar refractivity (Wildman–Crippen MR) is 92.0 cm³/mol. The molecule has 0 unspecified atom stereocenters. The van der Waals surface area contributed by atoms with Crippen LogP contribution in [0.15, 0.2) is 42.5 Å². The van der Waals surface area contributed by atoms with E-state index in [0.29, 0.717) is 18.3 Å². The molecule has 0 aromatic heterocycles. The number of carbonyl (C=O) groups is 2. The van der Waals surface area contributed by atoms with Crippen molar-refractivity contribution in [2.24, 2.45) is 5.92 Å². The highest BCUT2D eigenvalue weighted by molar-refractivity contribution is 5.95. The standard InChI is InChI=1S/C19H19F2NO4/c1-12(2)10-25-15-6-3-13(4-7-15)19(24)26-11-18(23)22-17-9-14(20)5-8-16(17)21/h3-9,12H,10-11H2,1-2H3,(H,22,23). The molecule has 5 nitrogen and oxygen atoms in total. The lowest BCUT2D eigenvalue weighted by Crippen LogP contribution is -2.21. The van der Waals surface area contributed by atoms with Crippen molar-refractivity contribution < 1.29 is 27.8 Å². The Morgan fingerprint density at radius 3 is 2.42 bits per heavy atom. The maximum Gasteiger partial charge on any atom is 0.338 e. The summed E-state index contributed by atoms with van der Waals surface area (Å²) in [5.41, 5.74) is -0.0793. The number of esters is 1. The van der Waals surface area contributed by atoms with Gasteiger partial charge in [-0.1, -0.05) is 13.8 Å². The second-order valence-corrected chi connectivity index (χ2v) is 5.98. The molecule has 1 N–H and O–H groups in total. The summed E-state index contributed by atoms with van der Waals surface area (Å²) in [5.74, 6) is -1.98. The van der Waals surface area contributed by atoms with Gasteiger partial charge >= 0.3 is 5.97 Å². The van der Waals surface area contributed by atoms with E-state index < -0.39 is 30.1 Å². The van der Waals surface area contributed by atoms with Crippen LogP contribution in [0.25, 0.3) is 0 Å². The fourth-order valence-electron chi connectivity index (χ4n) is 1.94. The monoisotopic (exact) mass is 363 g/mol. The van der Waals surface area contributed by atoms with Gasteiger partial charge in [-0.25, -0.2) is 13.6 Å². The Balaban J connectivity index is 1.85. The minimum atomic E-state index is -0.789. The number of nitrogens with one attached hydrogen (secondary N) is 1. The van der Waals surface area contributed by atoms with Crippen LogP contribution >= 0.6 is 0 Å². The smallest absolute Gasteiger partial charge is 0.338 e. The maximum absolute atomic E-state index is 13.4. The Kier molecular flexibility index (Phi) is 6.66. The molecule has 0 aliphatic rings. The average molecular weight is 363 g/mol. The van der Waals surface area contributed by atoms with E-state index in [1.54, 1.807) is 12.1 Å². The summed E-state index contributed by atoms with van der Waals surface area (Å²) in [5, 5.41) is 2.14. The van der Waals surface area contributed by atoms with E-state index in [1.165, 1.54) is 12.1 Å². The Morgan fingerprint density at radius 2 is 1.77 bits per heavy atom. The number of hydrogen-bond donors (Lipinski definition) is 1. The van der Waals surface area contributed by atoms with Crippen LogP contribution in [0.3, 0.4) is 0 Å². The van der Waals surface area contributed by atoms with Crippen molar-refractivity contribution in [3.8, 4) is 5.75 Å². The lowest BCUT2D eigenvalue weighted by Gasteiger charge is -2.09. The van der Waals surface area contributed by atoms with Gasteiger partial charge in [-0.05, 0) is 42.3 Å². The van der Waals surface area contributed by atoms with E-state index in [4.69, 9.17) is 9.47 Å². The van der Waals surface area contributed by atoms with E-state index in [0.717, 1.165) is 18.2 Å². The molecule has 0 bridgehead atoms. The fraction of sp³-hybridized carbons (Fsp3) is 0.263. The Labute approximate surface area is 149 Å². The SMILES string of the molecule is CC(C)COc1ccc(C(=O)OCC(=O)Nc2cc(F)ccc2F)cc1. The molecule has 0 heterocycles. The van der Waals surface area contributed by atoms with Gasteiger partial charge in [0, 0.05) is 6.07 Å². The highest BCUT2D eigenvalue weighted by atomic mass is 19.1. The first-order valence-corrected chi connectivity index (χ1v) is 8.00. The second kappa shape index (κ2) is 8.94. The zero-order valence-corrected chi connectivity index (χ0v) is 14.4. The lowest BCUT2D eigenvalue weighted by atomic mass is 10.2. The summed E-state index contributed by atoms with van der Waals surface area (Å²) in [7, 11) is 0. The summed E-state index contributed by atoms with van der Waals surface area (Å²) in [6, 6.07) is 8.94. The average Bonchev–Trinajstić information content (AvgIpc) is 2.61. The van der Waals surface area contributed by atoms with E-state index >= 15 is 0 Å². The van der Waals surface area contributed by atoms with Crippen LogP contribution in [0, 0.1) is 17.6 Å². The molecule has 0 saturated heterocycles. The maximum atomic E-state index is 13.4. The first-order chi connectivity index (χ1) is 12.3. The molecule has 2 aromatic rings. The Bertz CT molecular complexity index is 776. The van der Waals surface area contributed by atoms with Gasteiger partial charge in [0.15, 0.2) is 6.61 Å². The van der Waals surface area contributed by atoms with E-state index in [-0.39, 0.29) is 11.3 Å². The number of hydrogen-bond acceptors (Lipinski definition) is 4. The van der Waals surface area contributed by atoms with Crippen molar-refractivity contribution in [3.05, 3.63) is 59.7 Å². The first kappa shape index (κ1) is 19.4. The van der Waals surface area contributed by atoms with Crippen LogP contribution in [0.4, 0.5) is 14.5 Å². The van der Waals surface area contributed by atoms with Crippen LogP contribution < -0.4 is 10.1 Å². The quantitative estimate of drug-likeness (QED) is 0.760. The number of halogens is 2. The summed E-state index contributed by atoms with van der Waals surface area (Å²) in [4.78, 5) is 23.6. The zero-order chi connectivity index (χ0) is 19.1. The van der Waals surface area contributed by atoms with Crippen molar-refractivity contribution >= 4 is 17.6 Å². The Hall–Kier alpha value is -2.96. The molecule has 0 spiro atoms. The third-order valence-corrected chi connectivity index (χ3v) is 3.21. The van der Waals surface area contributed by atoms with E-state index in [9.17, 15) is 18.4 Å². The summed E-state index contributed by atoms with van der Waals surface area (Å²) in [6.07, 6.45) is 0. The zero-order valence-electron chi connectivity index (χ0n) is 14.4. The van der Waals surface area contributed by atoms with Crippen LogP contribution in [-0.2, 0) is 9.53 Å². The van der Waals surface area contributed by atoms with Crippen molar-refractivity contribution in [3.63, 3.8) is 0 Å². The normalized spacial score (nSPS) is 10.5. The van der Waals surface area contributed by atoms with Crippen molar-refractivity contribution in [1.82, 2.24) is 0 Å². The van der Waals surface area contributed by atoms with Gasteiger partial charge in [0.25, 0.3) is 5.91 Å². The van der Waals surface area contributed by atoms with Gasteiger partial charge in [0.2, 0.25) is 0 Å². The number of ether oxygens (including phenoxy) is 2. The molecule has 0 aliphatic heterocycles. The van der Waals surface area contributed by atoms with Gasteiger partial charge < -0.3 is 14.8 Å². The lowest BCUT2D eigenvalue weighted by molar-refractivity contribution is -0.119. The molecular formula is C19H19F2NO4. The molecule has 2 rings (SSSR count). The Morgan fingerprint density at radius 1 is 1.08 bits per heavy atom. The molecule has 0 atom stereocenters. The largest absolute Gasteiger partial charge is 0.493 e. The molecule has 26 heavy (non-hydrogen) atoms. The van der Waals surface area contributed by atoms with Crippen molar-refractivity contribution in [2.75, 3.05) is 18.5 Å².